The predicted molar refractivity (Wildman–Crippen MR) is 99.8 cm³/mol. The van der Waals surface area contributed by atoms with E-state index in [4.69, 9.17) is 12.2 Å². The summed E-state index contributed by atoms with van der Waals surface area (Å²) in [6, 6.07) is 15.7. The molecule has 1 saturated heterocycles. The molecule has 1 aliphatic heterocycles. The second kappa shape index (κ2) is 8.07. The van der Waals surface area contributed by atoms with Crippen LogP contribution in [0.15, 0.2) is 54.6 Å². The molecule has 1 heterocycles. The van der Waals surface area contributed by atoms with Gasteiger partial charge in [-0.1, -0.05) is 30.3 Å². The Hall–Kier alpha value is -2.47. The molecule has 0 aliphatic carbocycles. The molecule has 0 aromatic heterocycles. The van der Waals surface area contributed by atoms with E-state index in [0.29, 0.717) is 43.4 Å². The number of nitrogens with one attached hydrogen (secondary N) is 1. The molecule has 0 bridgehead atoms. The van der Waals surface area contributed by atoms with Gasteiger partial charge < -0.3 is 15.1 Å². The summed E-state index contributed by atoms with van der Waals surface area (Å²) in [6.45, 7) is 3.25. The van der Waals surface area contributed by atoms with E-state index in [1.54, 1.807) is 12.1 Å². The summed E-state index contributed by atoms with van der Waals surface area (Å²) in [7, 11) is 0. The van der Waals surface area contributed by atoms with Crippen LogP contribution in [0.1, 0.15) is 15.9 Å². The maximum Gasteiger partial charge on any atom is 0.253 e. The van der Waals surface area contributed by atoms with Gasteiger partial charge in [0.05, 0.1) is 0 Å². The molecule has 6 heteroatoms. The van der Waals surface area contributed by atoms with Crippen LogP contribution in [0.4, 0.5) is 4.39 Å². The molecule has 1 N–H and O–H groups in total. The Bertz CT molecular complexity index is 728. The average Bonchev–Trinajstić information content (AvgIpc) is 2.67. The molecule has 0 radical (unpaired) electrons. The lowest BCUT2D eigenvalue weighted by Crippen LogP contribution is -2.52. The smallest absolute Gasteiger partial charge is 0.253 e. The van der Waals surface area contributed by atoms with Gasteiger partial charge in [-0.05, 0) is 42.0 Å². The first kappa shape index (κ1) is 17.4. The lowest BCUT2D eigenvalue weighted by molar-refractivity contribution is 0.0691. The van der Waals surface area contributed by atoms with E-state index in [2.05, 4.69) is 10.2 Å². The van der Waals surface area contributed by atoms with Gasteiger partial charge in [-0.3, -0.25) is 4.79 Å². The highest BCUT2D eigenvalue weighted by atomic mass is 32.1. The Morgan fingerprint density at radius 2 is 1.56 bits per heavy atom. The fourth-order valence-electron chi connectivity index (χ4n) is 2.77. The van der Waals surface area contributed by atoms with Crippen molar-refractivity contribution in [2.45, 2.75) is 6.54 Å². The monoisotopic (exact) mass is 357 g/mol. The quantitative estimate of drug-likeness (QED) is 0.857. The van der Waals surface area contributed by atoms with Crippen molar-refractivity contribution in [3.63, 3.8) is 0 Å². The number of benzene rings is 2. The summed E-state index contributed by atoms with van der Waals surface area (Å²) < 4.78 is 12.9. The van der Waals surface area contributed by atoms with Gasteiger partial charge in [-0.25, -0.2) is 4.39 Å². The molecule has 4 nitrogen and oxygen atoms in total. The summed E-state index contributed by atoms with van der Waals surface area (Å²) in [5, 5.41) is 3.86. The van der Waals surface area contributed by atoms with Gasteiger partial charge in [0.25, 0.3) is 5.91 Å². The molecule has 0 atom stereocenters. The van der Waals surface area contributed by atoms with Crippen LogP contribution in [-0.4, -0.2) is 47.0 Å². The molecule has 0 saturated carbocycles. The first-order valence-corrected chi connectivity index (χ1v) is 8.66. The number of hydrogen-bond donors (Lipinski definition) is 1. The Morgan fingerprint density at radius 3 is 2.20 bits per heavy atom. The zero-order chi connectivity index (χ0) is 17.6. The first-order chi connectivity index (χ1) is 12.1. The average molecular weight is 357 g/mol. The van der Waals surface area contributed by atoms with Crippen LogP contribution in [0.25, 0.3) is 0 Å². The first-order valence-electron chi connectivity index (χ1n) is 8.25. The number of nitrogens with zero attached hydrogens (tertiary/aromatic N) is 2. The standard InChI is InChI=1S/C19H20FN3OS/c20-17-8-6-15(7-9-17)14-21-19(25)23-12-10-22(11-13-23)18(24)16-4-2-1-3-5-16/h1-9H,10-14H2,(H,21,25). The minimum absolute atomic E-state index is 0.0606. The van der Waals surface area contributed by atoms with Crippen LogP contribution in [0.3, 0.4) is 0 Å². The Labute approximate surface area is 152 Å². The summed E-state index contributed by atoms with van der Waals surface area (Å²) in [5.74, 6) is -0.184. The lowest BCUT2D eigenvalue weighted by atomic mass is 10.2. The fourth-order valence-corrected chi connectivity index (χ4v) is 3.02. The van der Waals surface area contributed by atoms with Gasteiger partial charge in [-0.15, -0.1) is 0 Å². The van der Waals surface area contributed by atoms with Gasteiger partial charge in [0.15, 0.2) is 5.11 Å². The number of thiocarbonyl (C=S) groups is 1. The predicted octanol–water partition coefficient (Wildman–Crippen LogP) is 2.66. The van der Waals surface area contributed by atoms with Gasteiger partial charge in [0, 0.05) is 38.3 Å². The Morgan fingerprint density at radius 1 is 0.960 bits per heavy atom. The number of halogens is 1. The molecule has 1 fully saturated rings. The maximum absolute atomic E-state index is 12.9. The zero-order valence-electron chi connectivity index (χ0n) is 13.8. The van der Waals surface area contributed by atoms with Crippen molar-refractivity contribution in [3.8, 4) is 0 Å². The van der Waals surface area contributed by atoms with Crippen LogP contribution < -0.4 is 5.32 Å². The number of amides is 1. The molecule has 3 rings (SSSR count). The van der Waals surface area contributed by atoms with Crippen molar-refractivity contribution in [2.24, 2.45) is 0 Å². The normalized spacial score (nSPS) is 14.3. The molecule has 1 aliphatic rings. The lowest BCUT2D eigenvalue weighted by Gasteiger charge is -2.36. The molecule has 0 spiro atoms. The second-order valence-electron chi connectivity index (χ2n) is 5.93. The van der Waals surface area contributed by atoms with E-state index in [1.165, 1.54) is 12.1 Å². The molecule has 2 aromatic carbocycles. The number of carbonyl (C=O) groups excluding carboxylic acids is 1. The largest absolute Gasteiger partial charge is 0.358 e. The minimum atomic E-state index is -0.245. The van der Waals surface area contributed by atoms with Crippen LogP contribution >= 0.6 is 12.2 Å². The van der Waals surface area contributed by atoms with Gasteiger partial charge in [-0.2, -0.15) is 0 Å². The van der Waals surface area contributed by atoms with Crippen molar-refractivity contribution in [2.75, 3.05) is 26.2 Å². The topological polar surface area (TPSA) is 35.6 Å². The van der Waals surface area contributed by atoms with Gasteiger partial charge in [0.2, 0.25) is 0 Å². The highest BCUT2D eigenvalue weighted by Gasteiger charge is 2.23. The zero-order valence-corrected chi connectivity index (χ0v) is 14.6. The van der Waals surface area contributed by atoms with Crippen molar-refractivity contribution >= 4 is 23.2 Å². The van der Waals surface area contributed by atoms with Gasteiger partial charge in [0.1, 0.15) is 5.82 Å². The summed E-state index contributed by atoms with van der Waals surface area (Å²) >= 11 is 5.43. The summed E-state index contributed by atoms with van der Waals surface area (Å²) in [6.07, 6.45) is 0. The molecule has 130 valence electrons. The number of hydrogen-bond acceptors (Lipinski definition) is 2. The highest BCUT2D eigenvalue weighted by molar-refractivity contribution is 7.80. The van der Waals surface area contributed by atoms with Crippen LogP contribution in [0.5, 0.6) is 0 Å². The number of piperazine rings is 1. The molecule has 25 heavy (non-hydrogen) atoms. The highest BCUT2D eigenvalue weighted by Crippen LogP contribution is 2.09. The number of carbonyl (C=O) groups is 1. The van der Waals surface area contributed by atoms with E-state index in [1.807, 2.05) is 35.2 Å². The van der Waals surface area contributed by atoms with E-state index in [9.17, 15) is 9.18 Å². The van der Waals surface area contributed by atoms with E-state index >= 15 is 0 Å². The molecule has 2 aromatic rings. The van der Waals surface area contributed by atoms with Crippen molar-refractivity contribution in [3.05, 3.63) is 71.5 Å². The third-order valence-corrected chi connectivity index (χ3v) is 4.63. The van der Waals surface area contributed by atoms with Crippen molar-refractivity contribution < 1.29 is 9.18 Å². The van der Waals surface area contributed by atoms with Crippen LogP contribution in [0.2, 0.25) is 0 Å². The van der Waals surface area contributed by atoms with Crippen molar-refractivity contribution in [1.29, 1.82) is 0 Å². The fraction of sp³-hybridized carbons (Fsp3) is 0.263. The van der Waals surface area contributed by atoms with Crippen LogP contribution in [-0.2, 0) is 6.54 Å². The van der Waals surface area contributed by atoms with Crippen molar-refractivity contribution in [1.82, 2.24) is 15.1 Å². The van der Waals surface area contributed by atoms with Gasteiger partial charge >= 0.3 is 0 Å². The third-order valence-electron chi connectivity index (χ3n) is 4.23. The van der Waals surface area contributed by atoms with Crippen LogP contribution in [0, 0.1) is 5.82 Å². The van der Waals surface area contributed by atoms with E-state index in [0.717, 1.165) is 5.56 Å². The van der Waals surface area contributed by atoms with E-state index in [-0.39, 0.29) is 11.7 Å². The third kappa shape index (κ3) is 4.54. The molecular formula is C19H20FN3OS. The Balaban J connectivity index is 1.47. The van der Waals surface area contributed by atoms with E-state index < -0.39 is 0 Å². The molecule has 1 amide bonds. The number of rotatable bonds is 3. The Kier molecular flexibility index (Phi) is 5.60. The SMILES string of the molecule is O=C(c1ccccc1)N1CCN(C(=S)NCc2ccc(F)cc2)CC1. The summed E-state index contributed by atoms with van der Waals surface area (Å²) in [4.78, 5) is 16.4. The summed E-state index contributed by atoms with van der Waals surface area (Å²) in [5.41, 5.74) is 1.69. The molecule has 0 unspecified atom stereocenters. The molecular weight excluding hydrogens is 337 g/mol. The maximum atomic E-state index is 12.9. The second-order valence-corrected chi connectivity index (χ2v) is 6.32. The minimum Gasteiger partial charge on any atom is -0.358 e.